The Morgan fingerprint density at radius 3 is 2.40 bits per heavy atom. The molecule has 4 N–H and O–H groups in total. The summed E-state index contributed by atoms with van der Waals surface area (Å²) < 4.78 is 0. The van der Waals surface area contributed by atoms with Gasteiger partial charge < -0.3 is 21.3 Å². The normalized spacial score (nSPS) is 20.9. The van der Waals surface area contributed by atoms with Gasteiger partial charge in [-0.05, 0) is 68.3 Å². The van der Waals surface area contributed by atoms with Crippen LogP contribution in [-0.2, 0) is 20.9 Å². The van der Waals surface area contributed by atoms with Crippen molar-refractivity contribution in [2.45, 2.75) is 52.1 Å². The summed E-state index contributed by atoms with van der Waals surface area (Å²) in [6.07, 6.45) is 7.96. The Labute approximate surface area is 235 Å². The lowest BCUT2D eigenvalue weighted by molar-refractivity contribution is -0.127. The van der Waals surface area contributed by atoms with Crippen LogP contribution in [0.2, 0.25) is 0 Å². The maximum Gasteiger partial charge on any atom is 0.254 e. The lowest BCUT2D eigenvalue weighted by Gasteiger charge is -2.26. The number of carbonyl (C=O) groups is 3. The summed E-state index contributed by atoms with van der Waals surface area (Å²) in [6.45, 7) is 6.28. The molecule has 0 radical (unpaired) electrons. The van der Waals surface area contributed by atoms with Gasteiger partial charge in [0.05, 0.1) is 11.3 Å². The predicted molar refractivity (Wildman–Crippen MR) is 156 cm³/mol. The van der Waals surface area contributed by atoms with Crippen molar-refractivity contribution in [1.29, 1.82) is 0 Å². The highest BCUT2D eigenvalue weighted by molar-refractivity contribution is 6.07. The first kappa shape index (κ1) is 27.4. The number of allylic oxidation sites excluding steroid dienone is 4. The number of rotatable bonds is 8. The molecule has 3 amide bonds. The van der Waals surface area contributed by atoms with E-state index in [1.165, 1.54) is 31.7 Å². The van der Waals surface area contributed by atoms with Gasteiger partial charge in [-0.25, -0.2) is 0 Å². The van der Waals surface area contributed by atoms with E-state index in [4.69, 9.17) is 0 Å². The van der Waals surface area contributed by atoms with E-state index in [1.807, 2.05) is 42.5 Å². The quantitative estimate of drug-likeness (QED) is 0.379. The summed E-state index contributed by atoms with van der Waals surface area (Å²) >= 11 is 0. The van der Waals surface area contributed by atoms with Gasteiger partial charge in [0.1, 0.15) is 6.04 Å². The van der Waals surface area contributed by atoms with E-state index in [-0.39, 0.29) is 23.6 Å². The number of carbonyl (C=O) groups excluding carboxylic acids is 3. The molecule has 8 heteroatoms. The highest BCUT2D eigenvalue weighted by Gasteiger charge is 2.38. The van der Waals surface area contributed by atoms with Gasteiger partial charge in [-0.15, -0.1) is 0 Å². The molecule has 40 heavy (non-hydrogen) atoms. The maximum absolute atomic E-state index is 13.4. The van der Waals surface area contributed by atoms with Gasteiger partial charge in [0.15, 0.2) is 0 Å². The largest absolute Gasteiger partial charge is 0.355 e. The Bertz CT molecular complexity index is 1350. The first-order chi connectivity index (χ1) is 19.4. The smallest absolute Gasteiger partial charge is 0.254 e. The average molecular weight is 540 g/mol. The SMILES string of the molecule is CC(=O)NC(C)C(=O)NC1=CC=C2NC(=O)C(=C(Nc3ccc(CN4CCCCC4)cc3)c3ccccc3)C2C1. The molecular formula is C32H37N5O3. The van der Waals surface area contributed by atoms with E-state index in [2.05, 4.69) is 50.4 Å². The van der Waals surface area contributed by atoms with Crippen LogP contribution in [0.15, 0.2) is 83.7 Å². The van der Waals surface area contributed by atoms with E-state index >= 15 is 0 Å². The zero-order valence-corrected chi connectivity index (χ0v) is 23.1. The molecule has 1 aliphatic carbocycles. The van der Waals surface area contributed by atoms with Gasteiger partial charge in [-0.2, -0.15) is 0 Å². The Morgan fingerprint density at radius 2 is 1.70 bits per heavy atom. The molecule has 8 nitrogen and oxygen atoms in total. The first-order valence-electron chi connectivity index (χ1n) is 14.1. The van der Waals surface area contributed by atoms with Crippen LogP contribution in [0.5, 0.6) is 0 Å². The molecule has 2 heterocycles. The van der Waals surface area contributed by atoms with Gasteiger partial charge in [0.25, 0.3) is 5.91 Å². The van der Waals surface area contributed by atoms with Crippen LogP contribution < -0.4 is 21.3 Å². The lowest BCUT2D eigenvalue weighted by Crippen LogP contribution is -2.44. The summed E-state index contributed by atoms with van der Waals surface area (Å²) in [5, 5.41) is 12.1. The minimum absolute atomic E-state index is 0.156. The van der Waals surface area contributed by atoms with Crippen LogP contribution in [0.4, 0.5) is 5.69 Å². The third-order valence-corrected chi connectivity index (χ3v) is 7.62. The number of likely N-dealkylation sites (tertiary alicyclic amines) is 1. The second-order valence-electron chi connectivity index (χ2n) is 10.7. The fourth-order valence-corrected chi connectivity index (χ4v) is 5.58. The molecule has 0 spiro atoms. The molecule has 2 unspecified atom stereocenters. The molecule has 0 saturated carbocycles. The highest BCUT2D eigenvalue weighted by Crippen LogP contribution is 2.39. The van der Waals surface area contributed by atoms with Crippen molar-refractivity contribution < 1.29 is 14.4 Å². The van der Waals surface area contributed by atoms with Crippen molar-refractivity contribution >= 4 is 29.1 Å². The summed E-state index contributed by atoms with van der Waals surface area (Å²) in [4.78, 5) is 39.9. The Hall–Kier alpha value is -4.17. The van der Waals surface area contributed by atoms with Crippen LogP contribution >= 0.6 is 0 Å². The number of fused-ring (bicyclic) bond motifs is 1. The summed E-state index contributed by atoms with van der Waals surface area (Å²) in [6, 6.07) is 17.6. The fourth-order valence-electron chi connectivity index (χ4n) is 5.58. The second-order valence-corrected chi connectivity index (χ2v) is 10.7. The molecule has 3 aliphatic rings. The minimum atomic E-state index is -0.665. The number of hydrogen-bond donors (Lipinski definition) is 4. The summed E-state index contributed by atoms with van der Waals surface area (Å²) in [5.74, 6) is -0.967. The maximum atomic E-state index is 13.4. The second kappa shape index (κ2) is 12.3. The van der Waals surface area contributed by atoms with Crippen molar-refractivity contribution in [1.82, 2.24) is 20.9 Å². The minimum Gasteiger partial charge on any atom is -0.355 e. The topological polar surface area (TPSA) is 103 Å². The Balaban J connectivity index is 1.39. The molecule has 2 aromatic rings. The zero-order chi connectivity index (χ0) is 28.1. The molecule has 2 saturated heterocycles. The number of nitrogens with one attached hydrogen (secondary N) is 4. The standard InChI is InChI=1S/C32H37N5O3/c1-21(33-22(2)38)31(39)35-26-15-16-28-27(19-26)29(32(40)36-28)30(24-9-5-3-6-10-24)34-25-13-11-23(12-14-25)20-37-17-7-4-8-18-37/h3,5-6,9-16,21,27,34H,4,7-8,17-20H2,1-2H3,(H,33,38)(H,35,39)(H,36,40). The molecule has 2 fully saturated rings. The van der Waals surface area contributed by atoms with Crippen LogP contribution in [0.25, 0.3) is 5.70 Å². The van der Waals surface area contributed by atoms with E-state index in [9.17, 15) is 14.4 Å². The molecule has 2 aromatic carbocycles. The third-order valence-electron chi connectivity index (χ3n) is 7.62. The number of benzene rings is 2. The van der Waals surface area contributed by atoms with Gasteiger partial charge in [0.2, 0.25) is 11.8 Å². The van der Waals surface area contributed by atoms with Gasteiger partial charge >= 0.3 is 0 Å². The number of piperidine rings is 1. The van der Waals surface area contributed by atoms with Crippen molar-refractivity contribution in [2.75, 3.05) is 18.4 Å². The van der Waals surface area contributed by atoms with Gasteiger partial charge in [-0.3, -0.25) is 19.3 Å². The van der Waals surface area contributed by atoms with Crippen molar-refractivity contribution in [3.8, 4) is 0 Å². The molecular weight excluding hydrogens is 502 g/mol. The molecule has 2 aliphatic heterocycles. The van der Waals surface area contributed by atoms with E-state index in [0.29, 0.717) is 17.7 Å². The monoisotopic (exact) mass is 539 g/mol. The lowest BCUT2D eigenvalue weighted by atomic mass is 9.88. The van der Waals surface area contributed by atoms with Crippen molar-refractivity contribution in [3.63, 3.8) is 0 Å². The summed E-state index contributed by atoms with van der Waals surface area (Å²) in [7, 11) is 0. The number of anilines is 1. The van der Waals surface area contributed by atoms with E-state index in [1.54, 1.807) is 6.92 Å². The van der Waals surface area contributed by atoms with E-state index < -0.39 is 6.04 Å². The summed E-state index contributed by atoms with van der Waals surface area (Å²) in [5.41, 5.74) is 5.96. The molecule has 0 bridgehead atoms. The number of amides is 3. The van der Waals surface area contributed by atoms with E-state index in [0.717, 1.165) is 42.3 Å². The molecule has 208 valence electrons. The van der Waals surface area contributed by atoms with Crippen molar-refractivity contribution in [3.05, 3.63) is 94.8 Å². The first-order valence-corrected chi connectivity index (χ1v) is 14.1. The van der Waals surface area contributed by atoms with Crippen molar-refractivity contribution in [2.24, 2.45) is 5.92 Å². The van der Waals surface area contributed by atoms with Crippen LogP contribution in [0, 0.1) is 5.92 Å². The average Bonchev–Trinajstić information content (AvgIpc) is 3.28. The van der Waals surface area contributed by atoms with Gasteiger partial charge in [0, 0.05) is 42.9 Å². The fraction of sp³-hybridized carbons (Fsp3) is 0.344. The van der Waals surface area contributed by atoms with Crippen LogP contribution in [0.3, 0.4) is 0 Å². The zero-order valence-electron chi connectivity index (χ0n) is 23.1. The van der Waals surface area contributed by atoms with Gasteiger partial charge in [-0.1, -0.05) is 48.9 Å². The Kier molecular flexibility index (Phi) is 8.45. The molecule has 5 rings (SSSR count). The van der Waals surface area contributed by atoms with Crippen LogP contribution in [-0.4, -0.2) is 41.8 Å². The number of hydrogen-bond acceptors (Lipinski definition) is 5. The Morgan fingerprint density at radius 1 is 0.975 bits per heavy atom. The third kappa shape index (κ3) is 6.51. The number of nitrogens with zero attached hydrogens (tertiary/aromatic N) is 1. The molecule has 0 aromatic heterocycles. The van der Waals surface area contributed by atoms with Crippen LogP contribution in [0.1, 0.15) is 50.7 Å². The molecule has 2 atom stereocenters. The highest BCUT2D eigenvalue weighted by atomic mass is 16.2. The predicted octanol–water partition coefficient (Wildman–Crippen LogP) is 4.05.